The fourth-order valence-corrected chi connectivity index (χ4v) is 3.09. The van der Waals surface area contributed by atoms with Crippen LogP contribution >= 0.6 is 0 Å². The molecular weight excluding hydrogens is 300 g/mol. The number of amides is 1. The van der Waals surface area contributed by atoms with E-state index in [0.29, 0.717) is 19.6 Å². The number of aromatic amines is 1. The number of rotatable bonds is 5. The summed E-state index contributed by atoms with van der Waals surface area (Å²) in [4.78, 5) is 11.8. The van der Waals surface area contributed by atoms with Gasteiger partial charge in [0.2, 0.25) is 10.0 Å². The standard InChI is InChI=1S/C11H18N4O5S/c1-7-9(21(12,17)18)8(15-14-7)10(16)13-5-11(19-2)3-4-20-6-11/h3-6H2,1-2H3,(H,13,16)(H,14,15)(H2,12,17,18). The van der Waals surface area contributed by atoms with Gasteiger partial charge in [-0.25, -0.2) is 13.6 Å². The first-order valence-corrected chi connectivity index (χ1v) is 7.82. The van der Waals surface area contributed by atoms with E-state index in [1.54, 1.807) is 0 Å². The van der Waals surface area contributed by atoms with Crippen molar-refractivity contribution in [3.05, 3.63) is 11.4 Å². The van der Waals surface area contributed by atoms with Gasteiger partial charge in [-0.15, -0.1) is 0 Å². The molecule has 1 aromatic heterocycles. The minimum absolute atomic E-state index is 0.193. The Morgan fingerprint density at radius 3 is 2.86 bits per heavy atom. The number of hydrogen-bond acceptors (Lipinski definition) is 6. The number of aromatic nitrogens is 2. The molecule has 9 nitrogen and oxygen atoms in total. The number of nitrogens with two attached hydrogens (primary N) is 1. The van der Waals surface area contributed by atoms with E-state index >= 15 is 0 Å². The van der Waals surface area contributed by atoms with E-state index in [2.05, 4.69) is 15.5 Å². The molecule has 0 aliphatic carbocycles. The van der Waals surface area contributed by atoms with E-state index < -0.39 is 21.5 Å². The van der Waals surface area contributed by atoms with Crippen molar-refractivity contribution in [3.63, 3.8) is 0 Å². The highest BCUT2D eigenvalue weighted by molar-refractivity contribution is 7.89. The summed E-state index contributed by atoms with van der Waals surface area (Å²) >= 11 is 0. The summed E-state index contributed by atoms with van der Waals surface area (Å²) in [6, 6.07) is 0. The fraction of sp³-hybridized carbons (Fsp3) is 0.636. The zero-order valence-corrected chi connectivity index (χ0v) is 12.6. The van der Waals surface area contributed by atoms with Crippen molar-refractivity contribution < 1.29 is 22.7 Å². The molecule has 0 radical (unpaired) electrons. The number of nitrogens with zero attached hydrogens (tertiary/aromatic N) is 1. The number of sulfonamides is 1. The second kappa shape index (κ2) is 5.72. The van der Waals surface area contributed by atoms with Crippen LogP contribution in [-0.2, 0) is 19.5 Å². The van der Waals surface area contributed by atoms with Crippen LogP contribution in [0.15, 0.2) is 4.90 Å². The number of H-pyrrole nitrogens is 1. The van der Waals surface area contributed by atoms with Crippen molar-refractivity contribution in [2.75, 3.05) is 26.9 Å². The smallest absolute Gasteiger partial charge is 0.273 e. The molecule has 0 aromatic carbocycles. The Hall–Kier alpha value is -1.49. The lowest BCUT2D eigenvalue weighted by molar-refractivity contribution is -0.0149. The van der Waals surface area contributed by atoms with Gasteiger partial charge in [0, 0.05) is 26.7 Å². The van der Waals surface area contributed by atoms with E-state index in [1.165, 1.54) is 14.0 Å². The molecule has 1 fully saturated rings. The molecule has 1 amide bonds. The maximum Gasteiger partial charge on any atom is 0.273 e. The minimum Gasteiger partial charge on any atom is -0.378 e. The Morgan fingerprint density at radius 1 is 1.62 bits per heavy atom. The largest absolute Gasteiger partial charge is 0.378 e. The van der Waals surface area contributed by atoms with Crippen LogP contribution in [0, 0.1) is 6.92 Å². The SMILES string of the molecule is COC1(CNC(=O)c2n[nH]c(C)c2S(N)(=O)=O)CCOC1. The van der Waals surface area contributed by atoms with Gasteiger partial charge in [0.05, 0.1) is 12.3 Å². The quantitative estimate of drug-likeness (QED) is 0.630. The highest BCUT2D eigenvalue weighted by Gasteiger charge is 2.36. The van der Waals surface area contributed by atoms with Crippen LogP contribution in [0.4, 0.5) is 0 Å². The molecule has 0 spiro atoms. The van der Waals surface area contributed by atoms with Crippen molar-refractivity contribution in [2.45, 2.75) is 23.8 Å². The topological polar surface area (TPSA) is 136 Å². The Kier molecular flexibility index (Phi) is 4.33. The van der Waals surface area contributed by atoms with Crippen molar-refractivity contribution >= 4 is 15.9 Å². The molecular formula is C11H18N4O5S. The molecule has 2 heterocycles. The molecule has 10 heteroatoms. The maximum atomic E-state index is 12.1. The first-order valence-electron chi connectivity index (χ1n) is 6.28. The lowest BCUT2D eigenvalue weighted by Gasteiger charge is -2.25. The Labute approximate surface area is 122 Å². The number of nitrogens with one attached hydrogen (secondary N) is 2. The molecule has 1 aliphatic heterocycles. The zero-order valence-electron chi connectivity index (χ0n) is 11.8. The molecule has 2 rings (SSSR count). The minimum atomic E-state index is -4.03. The number of ether oxygens (including phenoxy) is 2. The normalized spacial score (nSPS) is 22.4. The average Bonchev–Trinajstić information content (AvgIpc) is 3.02. The van der Waals surface area contributed by atoms with E-state index in [9.17, 15) is 13.2 Å². The number of primary sulfonamides is 1. The van der Waals surface area contributed by atoms with Crippen LogP contribution in [-0.4, -0.2) is 57.0 Å². The highest BCUT2D eigenvalue weighted by Crippen LogP contribution is 2.22. The van der Waals surface area contributed by atoms with Gasteiger partial charge in [-0.1, -0.05) is 0 Å². The summed E-state index contributed by atoms with van der Waals surface area (Å²) in [6.07, 6.45) is 0.644. The number of carbonyl (C=O) groups excluding carboxylic acids is 1. The first kappa shape index (κ1) is 15.9. The van der Waals surface area contributed by atoms with Gasteiger partial charge < -0.3 is 14.8 Å². The summed E-state index contributed by atoms with van der Waals surface area (Å²) in [5.41, 5.74) is -0.628. The average molecular weight is 318 g/mol. The molecule has 118 valence electrons. The van der Waals surface area contributed by atoms with E-state index in [-0.39, 0.29) is 22.8 Å². The number of aryl methyl sites for hydroxylation is 1. The predicted octanol–water partition coefficient (Wildman–Crippen LogP) is -1.10. The predicted molar refractivity (Wildman–Crippen MR) is 72.2 cm³/mol. The second-order valence-corrected chi connectivity index (χ2v) is 6.44. The molecule has 4 N–H and O–H groups in total. The second-order valence-electron chi connectivity index (χ2n) is 4.94. The lowest BCUT2D eigenvalue weighted by Crippen LogP contribution is -2.45. The van der Waals surface area contributed by atoms with Gasteiger partial charge in [0.1, 0.15) is 10.5 Å². The zero-order chi connectivity index (χ0) is 15.7. The number of methoxy groups -OCH3 is 1. The van der Waals surface area contributed by atoms with Crippen LogP contribution in [0.25, 0.3) is 0 Å². The van der Waals surface area contributed by atoms with Crippen LogP contribution in [0.1, 0.15) is 22.6 Å². The maximum absolute atomic E-state index is 12.1. The van der Waals surface area contributed by atoms with Gasteiger partial charge in [-0.2, -0.15) is 5.10 Å². The van der Waals surface area contributed by atoms with Crippen LogP contribution in [0.3, 0.4) is 0 Å². The molecule has 0 saturated carbocycles. The fourth-order valence-electron chi connectivity index (χ4n) is 2.21. The molecule has 1 aliphatic rings. The summed E-state index contributed by atoms with van der Waals surface area (Å²) in [5.74, 6) is -0.633. The van der Waals surface area contributed by atoms with Crippen LogP contribution in [0.2, 0.25) is 0 Å². The molecule has 1 saturated heterocycles. The Balaban J connectivity index is 2.15. The summed E-state index contributed by atoms with van der Waals surface area (Å²) < 4.78 is 33.7. The third kappa shape index (κ3) is 3.23. The number of hydrogen-bond donors (Lipinski definition) is 3. The van der Waals surface area contributed by atoms with Gasteiger partial charge in [0.15, 0.2) is 5.69 Å². The van der Waals surface area contributed by atoms with Crippen molar-refractivity contribution in [1.29, 1.82) is 0 Å². The van der Waals surface area contributed by atoms with Crippen molar-refractivity contribution in [3.8, 4) is 0 Å². The summed E-state index contributed by atoms with van der Waals surface area (Å²) in [7, 11) is -2.50. The summed E-state index contributed by atoms with van der Waals surface area (Å²) in [5, 5.41) is 13.9. The monoisotopic (exact) mass is 318 g/mol. The molecule has 1 aromatic rings. The van der Waals surface area contributed by atoms with Gasteiger partial charge in [-0.05, 0) is 6.92 Å². The van der Waals surface area contributed by atoms with Gasteiger partial charge in [-0.3, -0.25) is 9.89 Å². The Morgan fingerprint density at radius 2 is 2.33 bits per heavy atom. The van der Waals surface area contributed by atoms with Crippen molar-refractivity contribution in [1.82, 2.24) is 15.5 Å². The van der Waals surface area contributed by atoms with Gasteiger partial charge in [0.25, 0.3) is 5.91 Å². The third-order valence-electron chi connectivity index (χ3n) is 3.46. The van der Waals surface area contributed by atoms with Gasteiger partial charge >= 0.3 is 0 Å². The van der Waals surface area contributed by atoms with E-state index in [4.69, 9.17) is 14.6 Å². The highest BCUT2D eigenvalue weighted by atomic mass is 32.2. The van der Waals surface area contributed by atoms with Crippen molar-refractivity contribution in [2.24, 2.45) is 5.14 Å². The lowest BCUT2D eigenvalue weighted by atomic mass is 10.0. The Bertz CT molecular complexity index is 633. The molecule has 0 bridgehead atoms. The molecule has 1 unspecified atom stereocenters. The molecule has 1 atom stereocenters. The first-order chi connectivity index (χ1) is 9.79. The van der Waals surface area contributed by atoms with Crippen LogP contribution in [0.5, 0.6) is 0 Å². The van der Waals surface area contributed by atoms with E-state index in [0.717, 1.165) is 0 Å². The van der Waals surface area contributed by atoms with Crippen LogP contribution < -0.4 is 10.5 Å². The number of carbonyl (C=O) groups is 1. The summed E-state index contributed by atoms with van der Waals surface area (Å²) in [6.45, 7) is 2.59. The third-order valence-corrected chi connectivity index (χ3v) is 4.53. The molecule has 21 heavy (non-hydrogen) atoms. The van der Waals surface area contributed by atoms with E-state index in [1.807, 2.05) is 0 Å².